The molecule has 0 unspecified atom stereocenters. The predicted octanol–water partition coefficient (Wildman–Crippen LogP) is 4.26. The maximum Gasteiger partial charge on any atom is 0.422 e. The zero-order chi connectivity index (χ0) is 24.1. The number of amides is 1. The molecular formula is C21H27F4NO6. The second-order valence-corrected chi connectivity index (χ2v) is 8.33. The van der Waals surface area contributed by atoms with Crippen LogP contribution in [0.3, 0.4) is 0 Å². The van der Waals surface area contributed by atoms with Crippen LogP contribution >= 0.6 is 0 Å². The van der Waals surface area contributed by atoms with Crippen LogP contribution in [0.4, 0.5) is 22.4 Å². The Balaban J connectivity index is 2.09. The van der Waals surface area contributed by atoms with Crippen molar-refractivity contribution < 1.29 is 46.1 Å². The van der Waals surface area contributed by atoms with Crippen LogP contribution in [0.15, 0.2) is 12.1 Å². The van der Waals surface area contributed by atoms with E-state index in [4.69, 9.17) is 14.2 Å². The van der Waals surface area contributed by atoms with Gasteiger partial charge in [0.15, 0.2) is 18.2 Å². The first-order chi connectivity index (χ1) is 14.8. The van der Waals surface area contributed by atoms with Gasteiger partial charge < -0.3 is 23.8 Å². The largest absolute Gasteiger partial charge is 0.487 e. The highest BCUT2D eigenvalue weighted by molar-refractivity contribution is 5.73. The lowest BCUT2D eigenvalue weighted by Crippen LogP contribution is -2.44. The van der Waals surface area contributed by atoms with Crippen LogP contribution in [-0.4, -0.2) is 61.6 Å². The molecule has 0 bridgehead atoms. The number of hydrogen-bond donors (Lipinski definition) is 0. The smallest absolute Gasteiger partial charge is 0.422 e. The van der Waals surface area contributed by atoms with Gasteiger partial charge >= 0.3 is 18.2 Å². The lowest BCUT2D eigenvalue weighted by atomic mass is 10.1. The molecule has 1 heterocycles. The van der Waals surface area contributed by atoms with Crippen molar-refractivity contribution in [2.24, 2.45) is 0 Å². The van der Waals surface area contributed by atoms with Gasteiger partial charge in [-0.3, -0.25) is 4.79 Å². The highest BCUT2D eigenvalue weighted by atomic mass is 19.4. The number of methoxy groups -OCH3 is 1. The number of carbonyl (C=O) groups excluding carboxylic acids is 2. The number of benzene rings is 1. The monoisotopic (exact) mass is 465 g/mol. The molecule has 180 valence electrons. The average molecular weight is 465 g/mol. The molecule has 1 amide bonds. The molecule has 0 radical (unpaired) electrons. The summed E-state index contributed by atoms with van der Waals surface area (Å²) in [5, 5.41) is 0. The van der Waals surface area contributed by atoms with Gasteiger partial charge in [-0.25, -0.2) is 9.18 Å². The number of hydrogen-bond acceptors (Lipinski definition) is 6. The zero-order valence-electron chi connectivity index (χ0n) is 18.4. The van der Waals surface area contributed by atoms with Gasteiger partial charge in [0.1, 0.15) is 17.5 Å². The number of nitrogens with zero attached hydrogens (tertiary/aromatic N) is 1. The molecule has 0 spiro atoms. The minimum Gasteiger partial charge on any atom is -0.487 e. The van der Waals surface area contributed by atoms with Gasteiger partial charge in [0.05, 0.1) is 13.5 Å². The Labute approximate surface area is 183 Å². The first-order valence-electron chi connectivity index (χ1n) is 10.0. The maximum absolute atomic E-state index is 14.6. The van der Waals surface area contributed by atoms with Gasteiger partial charge in [-0.15, -0.1) is 0 Å². The summed E-state index contributed by atoms with van der Waals surface area (Å²) in [6.07, 6.45) is -5.26. The second kappa shape index (κ2) is 10.3. The molecule has 0 N–H and O–H groups in total. The highest BCUT2D eigenvalue weighted by Crippen LogP contribution is 2.32. The first kappa shape index (κ1) is 25.5. The third-order valence-corrected chi connectivity index (χ3v) is 4.46. The van der Waals surface area contributed by atoms with Gasteiger partial charge in [0.25, 0.3) is 0 Å². The van der Waals surface area contributed by atoms with E-state index in [9.17, 15) is 27.2 Å². The van der Waals surface area contributed by atoms with Crippen molar-refractivity contribution in [3.63, 3.8) is 0 Å². The van der Waals surface area contributed by atoms with Crippen molar-refractivity contribution >= 4 is 12.1 Å². The Morgan fingerprint density at radius 2 is 1.72 bits per heavy atom. The third kappa shape index (κ3) is 8.08. The second-order valence-electron chi connectivity index (χ2n) is 8.33. The summed E-state index contributed by atoms with van der Waals surface area (Å²) < 4.78 is 72.6. The van der Waals surface area contributed by atoms with Crippen LogP contribution in [0, 0.1) is 5.82 Å². The molecule has 0 saturated carbocycles. The zero-order valence-corrected chi connectivity index (χ0v) is 18.4. The maximum atomic E-state index is 14.6. The van der Waals surface area contributed by atoms with Crippen LogP contribution in [0.1, 0.15) is 39.2 Å². The van der Waals surface area contributed by atoms with Crippen molar-refractivity contribution in [3.05, 3.63) is 23.5 Å². The summed E-state index contributed by atoms with van der Waals surface area (Å²) in [4.78, 5) is 25.2. The Kier molecular flexibility index (Phi) is 8.19. The molecule has 1 aromatic carbocycles. The Morgan fingerprint density at radius 3 is 2.25 bits per heavy atom. The molecule has 0 atom stereocenters. The number of esters is 1. The lowest BCUT2D eigenvalue weighted by Gasteiger charge is -2.33. The standard InChI is InChI=1S/C21H27F4NO6/c1-20(2,3)32-19(28)26-7-5-14(6-8-26)31-17-11-16(30-12-21(23,24)25)13(9-15(17)22)10-18(27)29-4/h9,11,14H,5-8,10,12H2,1-4H3. The minimum atomic E-state index is -4.62. The number of alkyl halides is 3. The van der Waals surface area contributed by atoms with Crippen molar-refractivity contribution in [2.45, 2.75) is 57.9 Å². The lowest BCUT2D eigenvalue weighted by molar-refractivity contribution is -0.153. The van der Waals surface area contributed by atoms with Gasteiger partial charge in [-0.05, 0) is 26.8 Å². The summed E-state index contributed by atoms with van der Waals surface area (Å²) in [5.74, 6) is -2.23. The van der Waals surface area contributed by atoms with E-state index in [1.54, 1.807) is 20.8 Å². The summed E-state index contributed by atoms with van der Waals surface area (Å²) in [5.41, 5.74) is -0.725. The van der Waals surface area contributed by atoms with Gasteiger partial charge in [0.2, 0.25) is 0 Å². The Bertz CT molecular complexity index is 814. The van der Waals surface area contributed by atoms with Crippen molar-refractivity contribution in [1.82, 2.24) is 4.90 Å². The van der Waals surface area contributed by atoms with Crippen LogP contribution in [-0.2, 0) is 20.7 Å². The van der Waals surface area contributed by atoms with E-state index < -0.39 is 48.8 Å². The van der Waals surface area contributed by atoms with E-state index in [-0.39, 0.29) is 17.1 Å². The number of piperidine rings is 1. The molecule has 1 aliphatic heterocycles. The molecule has 11 heteroatoms. The summed E-state index contributed by atoms with van der Waals surface area (Å²) in [7, 11) is 1.11. The van der Waals surface area contributed by atoms with Gasteiger partial charge in [-0.1, -0.05) is 0 Å². The van der Waals surface area contributed by atoms with Gasteiger partial charge in [0, 0.05) is 37.6 Å². The normalized spacial score (nSPS) is 15.3. The van der Waals surface area contributed by atoms with Crippen LogP contribution in [0.5, 0.6) is 11.5 Å². The van der Waals surface area contributed by atoms with E-state index in [1.165, 1.54) is 4.90 Å². The minimum absolute atomic E-state index is 0.0919. The van der Waals surface area contributed by atoms with Crippen LogP contribution in [0.25, 0.3) is 0 Å². The number of likely N-dealkylation sites (tertiary alicyclic amines) is 1. The quantitative estimate of drug-likeness (QED) is 0.462. The average Bonchev–Trinajstić information content (AvgIpc) is 2.67. The highest BCUT2D eigenvalue weighted by Gasteiger charge is 2.31. The van der Waals surface area contributed by atoms with Crippen molar-refractivity contribution in [2.75, 3.05) is 26.8 Å². The molecule has 1 aliphatic rings. The number of rotatable bonds is 6. The fourth-order valence-electron chi connectivity index (χ4n) is 2.99. The molecule has 1 fully saturated rings. The van der Waals surface area contributed by atoms with E-state index in [1.807, 2.05) is 0 Å². The Morgan fingerprint density at radius 1 is 1.09 bits per heavy atom. The molecule has 1 saturated heterocycles. The first-order valence-corrected chi connectivity index (χ1v) is 10.0. The van der Waals surface area contributed by atoms with E-state index in [2.05, 4.69) is 4.74 Å². The van der Waals surface area contributed by atoms with Crippen LogP contribution in [0.2, 0.25) is 0 Å². The molecule has 2 rings (SSSR count). The fraction of sp³-hybridized carbons (Fsp3) is 0.619. The summed E-state index contributed by atoms with van der Waals surface area (Å²) in [6.45, 7) is 4.29. The van der Waals surface area contributed by atoms with E-state index in [0.717, 1.165) is 19.2 Å². The van der Waals surface area contributed by atoms with Crippen LogP contribution < -0.4 is 9.47 Å². The van der Waals surface area contributed by atoms with E-state index >= 15 is 0 Å². The molecule has 0 aromatic heterocycles. The number of carbonyl (C=O) groups is 2. The predicted molar refractivity (Wildman–Crippen MR) is 105 cm³/mol. The number of halogens is 4. The fourth-order valence-corrected chi connectivity index (χ4v) is 2.99. The molecule has 1 aromatic rings. The van der Waals surface area contributed by atoms with Crippen molar-refractivity contribution in [3.8, 4) is 11.5 Å². The third-order valence-electron chi connectivity index (χ3n) is 4.46. The summed E-state index contributed by atoms with van der Waals surface area (Å²) >= 11 is 0. The van der Waals surface area contributed by atoms with Crippen molar-refractivity contribution in [1.29, 1.82) is 0 Å². The topological polar surface area (TPSA) is 74.3 Å². The van der Waals surface area contributed by atoms with Gasteiger partial charge in [-0.2, -0.15) is 13.2 Å². The molecule has 0 aliphatic carbocycles. The molecular weight excluding hydrogens is 438 g/mol. The molecule has 32 heavy (non-hydrogen) atoms. The number of ether oxygens (including phenoxy) is 4. The summed E-state index contributed by atoms with van der Waals surface area (Å²) in [6, 6.07) is 1.90. The Hall–Kier alpha value is -2.72. The SMILES string of the molecule is COC(=O)Cc1cc(F)c(OC2CCN(C(=O)OC(C)(C)C)CC2)cc1OCC(F)(F)F. The van der Waals surface area contributed by atoms with E-state index in [0.29, 0.717) is 25.9 Å². The molecule has 7 nitrogen and oxygen atoms in total.